The molecule has 1 aromatic heterocycles. The average molecular weight is 322 g/mol. The molecule has 1 atom stereocenters. The number of nitrogens with zero attached hydrogens (tertiary/aromatic N) is 2. The van der Waals surface area contributed by atoms with Crippen LogP contribution in [0.3, 0.4) is 0 Å². The lowest BCUT2D eigenvalue weighted by atomic mass is 9.92. The predicted octanol–water partition coefficient (Wildman–Crippen LogP) is 3.24. The van der Waals surface area contributed by atoms with Gasteiger partial charge in [-0.1, -0.05) is 43.6 Å². The fourth-order valence-electron chi connectivity index (χ4n) is 2.20. The minimum absolute atomic E-state index is 0.192. The third-order valence-corrected chi connectivity index (χ3v) is 4.41. The Morgan fingerprint density at radius 3 is 2.68 bits per heavy atom. The van der Waals surface area contributed by atoms with Crippen molar-refractivity contribution in [1.82, 2.24) is 15.1 Å². The molecule has 0 saturated heterocycles. The number of nitrogens with one attached hydrogen (secondary N) is 1. The zero-order valence-electron chi connectivity index (χ0n) is 13.6. The predicted molar refractivity (Wildman–Crippen MR) is 90.8 cm³/mol. The number of aryl methyl sites for hydroxylation is 1. The molecule has 2 rings (SSSR count). The molecule has 22 heavy (non-hydrogen) atoms. The molecule has 2 aromatic rings. The number of hydrogen-bond acceptors (Lipinski definition) is 3. The molecule has 0 fully saturated rings. The first-order valence-electron chi connectivity index (χ1n) is 7.52. The number of benzene rings is 1. The Morgan fingerprint density at radius 1 is 1.36 bits per heavy atom. The van der Waals surface area contributed by atoms with Crippen molar-refractivity contribution in [2.24, 2.45) is 13.0 Å². The molecule has 0 bridgehead atoms. The first-order valence-corrected chi connectivity index (χ1v) is 7.89. The van der Waals surface area contributed by atoms with Gasteiger partial charge in [0, 0.05) is 37.5 Å². The SMILES string of the molecule is CC(C)C(C)(O)CNCc1cn(C)nc1-c1ccccc1Cl. The highest BCUT2D eigenvalue weighted by Crippen LogP contribution is 2.29. The van der Waals surface area contributed by atoms with E-state index in [4.69, 9.17) is 11.6 Å². The lowest BCUT2D eigenvalue weighted by Crippen LogP contribution is -2.41. The molecule has 0 saturated carbocycles. The van der Waals surface area contributed by atoms with Gasteiger partial charge in [0.1, 0.15) is 0 Å². The van der Waals surface area contributed by atoms with E-state index in [9.17, 15) is 5.11 Å². The van der Waals surface area contributed by atoms with Crippen molar-refractivity contribution in [3.63, 3.8) is 0 Å². The van der Waals surface area contributed by atoms with Crippen LogP contribution in [0.25, 0.3) is 11.3 Å². The number of halogens is 1. The second kappa shape index (κ2) is 6.82. The molecular weight excluding hydrogens is 298 g/mol. The van der Waals surface area contributed by atoms with E-state index in [-0.39, 0.29) is 5.92 Å². The standard InChI is InChI=1S/C17H24ClN3O/c1-12(2)17(3,22)11-19-9-13-10-21(4)20-16(13)14-7-5-6-8-15(14)18/h5-8,10,12,19,22H,9,11H2,1-4H3. The largest absolute Gasteiger partial charge is 0.389 e. The van der Waals surface area contributed by atoms with Crippen molar-refractivity contribution in [3.05, 3.63) is 41.0 Å². The molecule has 1 aromatic carbocycles. The molecule has 1 unspecified atom stereocenters. The maximum absolute atomic E-state index is 10.3. The Hall–Kier alpha value is -1.36. The van der Waals surface area contributed by atoms with Gasteiger partial charge in [-0.25, -0.2) is 0 Å². The normalized spacial score (nSPS) is 14.3. The number of aliphatic hydroxyl groups is 1. The van der Waals surface area contributed by atoms with Crippen LogP contribution in [-0.2, 0) is 13.6 Å². The Balaban J connectivity index is 2.15. The van der Waals surface area contributed by atoms with Gasteiger partial charge in [0.05, 0.1) is 16.3 Å². The summed E-state index contributed by atoms with van der Waals surface area (Å²) in [5.41, 5.74) is 2.14. The van der Waals surface area contributed by atoms with Crippen molar-refractivity contribution in [2.45, 2.75) is 32.9 Å². The zero-order chi connectivity index (χ0) is 16.3. The number of aromatic nitrogens is 2. The summed E-state index contributed by atoms with van der Waals surface area (Å²) in [6.07, 6.45) is 1.98. The van der Waals surface area contributed by atoms with Crippen molar-refractivity contribution in [3.8, 4) is 11.3 Å². The van der Waals surface area contributed by atoms with Crippen LogP contribution >= 0.6 is 11.6 Å². The first kappa shape index (κ1) is 17.0. The minimum atomic E-state index is -0.729. The van der Waals surface area contributed by atoms with Gasteiger partial charge in [-0.05, 0) is 18.9 Å². The summed E-state index contributed by atoms with van der Waals surface area (Å²) in [5.74, 6) is 0.192. The van der Waals surface area contributed by atoms with Crippen LogP contribution in [0.4, 0.5) is 0 Å². The van der Waals surface area contributed by atoms with E-state index in [0.717, 1.165) is 16.8 Å². The lowest BCUT2D eigenvalue weighted by Gasteiger charge is -2.27. The van der Waals surface area contributed by atoms with E-state index in [0.29, 0.717) is 18.1 Å². The molecule has 0 spiro atoms. The molecule has 0 amide bonds. The summed E-state index contributed by atoms with van der Waals surface area (Å²) in [6.45, 7) is 7.05. The second-order valence-corrected chi connectivity index (χ2v) is 6.68. The van der Waals surface area contributed by atoms with Crippen LogP contribution in [0.15, 0.2) is 30.5 Å². The summed E-state index contributed by atoms with van der Waals surface area (Å²) in [7, 11) is 1.90. The van der Waals surface area contributed by atoms with Crippen LogP contribution in [0.1, 0.15) is 26.3 Å². The molecule has 0 aliphatic heterocycles. The molecule has 0 radical (unpaired) electrons. The van der Waals surface area contributed by atoms with Crippen molar-refractivity contribution < 1.29 is 5.11 Å². The zero-order valence-corrected chi connectivity index (χ0v) is 14.4. The molecular formula is C17H24ClN3O. The van der Waals surface area contributed by atoms with Gasteiger partial charge >= 0.3 is 0 Å². The highest BCUT2D eigenvalue weighted by molar-refractivity contribution is 6.33. The van der Waals surface area contributed by atoms with Crippen LogP contribution in [0.2, 0.25) is 5.02 Å². The summed E-state index contributed by atoms with van der Waals surface area (Å²) in [5, 5.41) is 18.8. The van der Waals surface area contributed by atoms with Crippen LogP contribution in [-0.4, -0.2) is 27.0 Å². The molecule has 0 aliphatic carbocycles. The molecule has 5 heteroatoms. The quantitative estimate of drug-likeness (QED) is 0.858. The van der Waals surface area contributed by atoms with Gasteiger partial charge in [-0.2, -0.15) is 5.10 Å². The van der Waals surface area contributed by atoms with Crippen molar-refractivity contribution in [1.29, 1.82) is 0 Å². The fourth-order valence-corrected chi connectivity index (χ4v) is 2.43. The third-order valence-electron chi connectivity index (χ3n) is 4.08. The van der Waals surface area contributed by atoms with E-state index in [1.165, 1.54) is 0 Å². The monoisotopic (exact) mass is 321 g/mol. The van der Waals surface area contributed by atoms with Crippen LogP contribution < -0.4 is 5.32 Å². The Kier molecular flexibility index (Phi) is 5.27. The van der Waals surface area contributed by atoms with E-state index in [1.54, 1.807) is 4.68 Å². The average Bonchev–Trinajstić information content (AvgIpc) is 2.80. The smallest absolute Gasteiger partial charge is 0.0982 e. The second-order valence-electron chi connectivity index (χ2n) is 6.27. The van der Waals surface area contributed by atoms with Crippen molar-refractivity contribution in [2.75, 3.05) is 6.54 Å². The van der Waals surface area contributed by atoms with E-state index >= 15 is 0 Å². The molecule has 1 heterocycles. The molecule has 0 aliphatic rings. The summed E-state index contributed by atoms with van der Waals surface area (Å²) in [6, 6.07) is 7.70. The highest BCUT2D eigenvalue weighted by atomic mass is 35.5. The van der Waals surface area contributed by atoms with Gasteiger partial charge in [0.2, 0.25) is 0 Å². The van der Waals surface area contributed by atoms with Gasteiger partial charge < -0.3 is 10.4 Å². The van der Waals surface area contributed by atoms with Crippen molar-refractivity contribution >= 4 is 11.6 Å². The van der Waals surface area contributed by atoms with E-state index < -0.39 is 5.60 Å². The van der Waals surface area contributed by atoms with Gasteiger partial charge in [0.15, 0.2) is 0 Å². The van der Waals surface area contributed by atoms with Gasteiger partial charge in [-0.15, -0.1) is 0 Å². The van der Waals surface area contributed by atoms with Gasteiger partial charge in [0.25, 0.3) is 0 Å². The fraction of sp³-hybridized carbons (Fsp3) is 0.471. The Labute approximate surface area is 137 Å². The maximum Gasteiger partial charge on any atom is 0.0982 e. The van der Waals surface area contributed by atoms with Gasteiger partial charge in [-0.3, -0.25) is 4.68 Å². The van der Waals surface area contributed by atoms with E-state index in [2.05, 4.69) is 10.4 Å². The summed E-state index contributed by atoms with van der Waals surface area (Å²) >= 11 is 6.28. The third kappa shape index (κ3) is 3.88. The highest BCUT2D eigenvalue weighted by Gasteiger charge is 2.24. The Morgan fingerprint density at radius 2 is 2.05 bits per heavy atom. The topological polar surface area (TPSA) is 50.1 Å². The lowest BCUT2D eigenvalue weighted by molar-refractivity contribution is 0.0140. The number of rotatable bonds is 6. The Bertz CT molecular complexity index is 635. The molecule has 2 N–H and O–H groups in total. The molecule has 120 valence electrons. The first-order chi connectivity index (χ1) is 10.3. The van der Waals surface area contributed by atoms with Crippen LogP contribution in [0, 0.1) is 5.92 Å². The summed E-state index contributed by atoms with van der Waals surface area (Å²) in [4.78, 5) is 0. The summed E-state index contributed by atoms with van der Waals surface area (Å²) < 4.78 is 1.79. The van der Waals surface area contributed by atoms with Crippen LogP contribution in [0.5, 0.6) is 0 Å². The number of hydrogen-bond donors (Lipinski definition) is 2. The maximum atomic E-state index is 10.3. The van der Waals surface area contributed by atoms with E-state index in [1.807, 2.05) is 58.3 Å². The molecule has 4 nitrogen and oxygen atoms in total. The minimum Gasteiger partial charge on any atom is -0.389 e.